The second-order valence-corrected chi connectivity index (χ2v) is 3.51. The number of hydrogen-bond acceptors (Lipinski definition) is 7. The molecule has 8 heteroatoms. The van der Waals surface area contributed by atoms with Crippen molar-refractivity contribution in [3.05, 3.63) is 16.0 Å². The van der Waals surface area contributed by atoms with Crippen LogP contribution in [0.25, 0.3) is 0 Å². The molecule has 0 aliphatic heterocycles. The Morgan fingerprint density at radius 3 is 2.83 bits per heavy atom. The first-order valence-corrected chi connectivity index (χ1v) is 5.58. The summed E-state index contributed by atoms with van der Waals surface area (Å²) >= 11 is 0. The maximum atomic E-state index is 11.7. The summed E-state index contributed by atoms with van der Waals surface area (Å²) in [6, 6.07) is 0. The van der Waals surface area contributed by atoms with Crippen LogP contribution in [0.2, 0.25) is 0 Å². The number of nitrogens with zero attached hydrogens (tertiary/aromatic N) is 2. The molecule has 0 bridgehead atoms. The molecule has 0 saturated heterocycles. The Hall–Kier alpha value is -1.96. The number of anilines is 1. The molecule has 0 radical (unpaired) electrons. The van der Waals surface area contributed by atoms with Gasteiger partial charge in [-0.25, -0.2) is 0 Å². The van der Waals surface area contributed by atoms with Gasteiger partial charge in [0.15, 0.2) is 0 Å². The van der Waals surface area contributed by atoms with Gasteiger partial charge in [0.1, 0.15) is 11.6 Å². The molecule has 8 nitrogen and oxygen atoms in total. The summed E-state index contributed by atoms with van der Waals surface area (Å²) in [6.07, 6.45) is 0. The third-order valence-electron chi connectivity index (χ3n) is 2.18. The third-order valence-corrected chi connectivity index (χ3v) is 2.18. The molecule has 0 spiro atoms. The number of rotatable bonds is 6. The van der Waals surface area contributed by atoms with Gasteiger partial charge in [0.25, 0.3) is 5.56 Å². The summed E-state index contributed by atoms with van der Waals surface area (Å²) in [5, 5.41) is 18.7. The summed E-state index contributed by atoms with van der Waals surface area (Å²) in [7, 11) is 0. The molecule has 0 aliphatic carbocycles. The van der Waals surface area contributed by atoms with E-state index < -0.39 is 17.4 Å². The molecule has 1 aromatic rings. The van der Waals surface area contributed by atoms with Crippen molar-refractivity contribution in [3.8, 4) is 0 Å². The van der Waals surface area contributed by atoms with E-state index in [2.05, 4.69) is 20.5 Å². The van der Waals surface area contributed by atoms with Crippen LogP contribution in [-0.2, 0) is 9.53 Å². The average Bonchev–Trinajstić information content (AvgIpc) is 2.36. The Labute approximate surface area is 103 Å². The molecule has 0 fully saturated rings. The predicted octanol–water partition coefficient (Wildman–Crippen LogP) is -0.764. The molecule has 0 amide bonds. The van der Waals surface area contributed by atoms with Crippen molar-refractivity contribution >= 4 is 11.9 Å². The highest BCUT2D eigenvalue weighted by molar-refractivity contribution is 5.76. The molecule has 0 aromatic carbocycles. The number of aromatic nitrogens is 3. The lowest BCUT2D eigenvalue weighted by Gasteiger charge is -2.09. The number of carbonyl (C=O) groups excluding carboxylic acids is 1. The molecule has 1 atom stereocenters. The molecule has 0 saturated carbocycles. The van der Waals surface area contributed by atoms with Crippen LogP contribution >= 0.6 is 0 Å². The van der Waals surface area contributed by atoms with Crippen molar-refractivity contribution in [2.75, 3.05) is 25.1 Å². The highest BCUT2D eigenvalue weighted by Gasteiger charge is 2.21. The highest BCUT2D eigenvalue weighted by atomic mass is 16.5. The van der Waals surface area contributed by atoms with E-state index in [1.807, 2.05) is 0 Å². The summed E-state index contributed by atoms with van der Waals surface area (Å²) in [6.45, 7) is 3.60. The van der Waals surface area contributed by atoms with E-state index in [9.17, 15) is 9.59 Å². The smallest absolute Gasteiger partial charge is 0.315 e. The van der Waals surface area contributed by atoms with Crippen molar-refractivity contribution in [1.82, 2.24) is 15.2 Å². The number of hydrogen-bond donors (Lipinski definition) is 3. The number of esters is 1. The molecule has 1 aromatic heterocycles. The van der Waals surface area contributed by atoms with Crippen molar-refractivity contribution < 1.29 is 14.6 Å². The Kier molecular flexibility index (Phi) is 5.25. The van der Waals surface area contributed by atoms with Gasteiger partial charge in [0, 0.05) is 6.54 Å². The zero-order valence-electron chi connectivity index (χ0n) is 10.3. The fourth-order valence-corrected chi connectivity index (χ4v) is 1.26. The topological polar surface area (TPSA) is 117 Å². The number of nitrogens with one attached hydrogen (secondary N) is 2. The SMILES string of the molecule is CCOC(=O)C(C)c1nnc(NCCO)[nH]c1=O. The van der Waals surface area contributed by atoms with Crippen molar-refractivity contribution in [3.63, 3.8) is 0 Å². The molecular weight excluding hydrogens is 240 g/mol. The second-order valence-electron chi connectivity index (χ2n) is 3.51. The van der Waals surface area contributed by atoms with E-state index in [1.165, 1.54) is 6.92 Å². The molecular formula is C10H16N4O4. The Morgan fingerprint density at radius 1 is 1.56 bits per heavy atom. The first-order chi connectivity index (χ1) is 8.60. The Morgan fingerprint density at radius 2 is 2.28 bits per heavy atom. The van der Waals surface area contributed by atoms with Crippen molar-refractivity contribution in [2.45, 2.75) is 19.8 Å². The van der Waals surface area contributed by atoms with Gasteiger partial charge in [-0.15, -0.1) is 10.2 Å². The number of H-pyrrole nitrogens is 1. The Balaban J connectivity index is 2.85. The van der Waals surface area contributed by atoms with Crippen LogP contribution in [0.3, 0.4) is 0 Å². The van der Waals surface area contributed by atoms with Crippen molar-refractivity contribution in [2.24, 2.45) is 0 Å². The van der Waals surface area contributed by atoms with Crippen LogP contribution in [0.15, 0.2) is 4.79 Å². The van der Waals surface area contributed by atoms with Gasteiger partial charge in [0.2, 0.25) is 5.95 Å². The molecule has 0 aliphatic rings. The van der Waals surface area contributed by atoms with E-state index in [0.717, 1.165) is 0 Å². The van der Waals surface area contributed by atoms with Crippen LogP contribution < -0.4 is 10.9 Å². The minimum absolute atomic E-state index is 0.00278. The number of ether oxygens (including phenoxy) is 1. The van der Waals surface area contributed by atoms with Crippen LogP contribution in [-0.4, -0.2) is 46.0 Å². The maximum absolute atomic E-state index is 11.7. The zero-order valence-corrected chi connectivity index (χ0v) is 10.3. The lowest BCUT2D eigenvalue weighted by Crippen LogP contribution is -2.26. The molecule has 1 rings (SSSR count). The lowest BCUT2D eigenvalue weighted by atomic mass is 10.1. The third kappa shape index (κ3) is 3.52. The molecule has 1 unspecified atom stereocenters. The van der Waals surface area contributed by atoms with Crippen LogP contribution in [0.5, 0.6) is 0 Å². The van der Waals surface area contributed by atoms with Crippen LogP contribution in [0.4, 0.5) is 5.95 Å². The van der Waals surface area contributed by atoms with E-state index in [1.54, 1.807) is 6.92 Å². The second kappa shape index (κ2) is 6.70. The van der Waals surface area contributed by atoms with Gasteiger partial charge in [-0.3, -0.25) is 14.6 Å². The maximum Gasteiger partial charge on any atom is 0.315 e. The first-order valence-electron chi connectivity index (χ1n) is 5.58. The van der Waals surface area contributed by atoms with Gasteiger partial charge >= 0.3 is 5.97 Å². The summed E-state index contributed by atoms with van der Waals surface area (Å²) in [4.78, 5) is 25.6. The monoisotopic (exact) mass is 256 g/mol. The van der Waals surface area contributed by atoms with Gasteiger partial charge < -0.3 is 15.2 Å². The number of aliphatic hydroxyl groups is 1. The molecule has 100 valence electrons. The lowest BCUT2D eigenvalue weighted by molar-refractivity contribution is -0.144. The van der Waals surface area contributed by atoms with E-state index in [0.29, 0.717) is 0 Å². The largest absolute Gasteiger partial charge is 0.465 e. The predicted molar refractivity (Wildman–Crippen MR) is 63.3 cm³/mol. The molecule has 18 heavy (non-hydrogen) atoms. The fourth-order valence-electron chi connectivity index (χ4n) is 1.26. The van der Waals surface area contributed by atoms with E-state index >= 15 is 0 Å². The van der Waals surface area contributed by atoms with Gasteiger partial charge in [-0.05, 0) is 13.8 Å². The number of aromatic amines is 1. The minimum Gasteiger partial charge on any atom is -0.465 e. The van der Waals surface area contributed by atoms with Gasteiger partial charge in [-0.1, -0.05) is 0 Å². The van der Waals surface area contributed by atoms with Gasteiger partial charge in [0.05, 0.1) is 13.2 Å². The highest BCUT2D eigenvalue weighted by Crippen LogP contribution is 2.09. The van der Waals surface area contributed by atoms with Crippen LogP contribution in [0.1, 0.15) is 25.5 Å². The van der Waals surface area contributed by atoms with E-state index in [-0.39, 0.29) is 31.4 Å². The fraction of sp³-hybridized carbons (Fsp3) is 0.600. The van der Waals surface area contributed by atoms with E-state index in [4.69, 9.17) is 9.84 Å². The minimum atomic E-state index is -0.770. The summed E-state index contributed by atoms with van der Waals surface area (Å²) in [5.41, 5.74) is -0.506. The summed E-state index contributed by atoms with van der Waals surface area (Å²) in [5.74, 6) is -1.14. The first kappa shape index (κ1) is 14.1. The standard InChI is InChI=1S/C10H16N4O4/c1-3-18-9(17)6(2)7-8(16)12-10(14-13-7)11-4-5-15/h6,15H,3-5H2,1-2H3,(H2,11,12,14,16). The molecule has 3 N–H and O–H groups in total. The van der Waals surface area contributed by atoms with Crippen LogP contribution in [0, 0.1) is 0 Å². The zero-order chi connectivity index (χ0) is 13.5. The molecule has 1 heterocycles. The average molecular weight is 256 g/mol. The normalized spacial score (nSPS) is 11.9. The van der Waals surface area contributed by atoms with Gasteiger partial charge in [-0.2, -0.15) is 0 Å². The summed E-state index contributed by atoms with van der Waals surface area (Å²) < 4.78 is 4.80. The Bertz CT molecular complexity index is 459. The van der Waals surface area contributed by atoms with Crippen molar-refractivity contribution in [1.29, 1.82) is 0 Å². The number of carbonyl (C=O) groups is 1. The number of aliphatic hydroxyl groups excluding tert-OH is 1. The quantitative estimate of drug-likeness (QED) is 0.572.